The second kappa shape index (κ2) is 4.28. The molecule has 5 heteroatoms. The Labute approximate surface area is 93.1 Å². The van der Waals surface area contributed by atoms with E-state index in [1.165, 1.54) is 11.3 Å². The molecule has 1 aromatic rings. The molecule has 15 heavy (non-hydrogen) atoms. The normalized spacial score (nSPS) is 21.7. The smallest absolute Gasteiger partial charge is 0.265 e. The number of carbonyl (C=O) groups excluding carboxylic acids is 1. The summed E-state index contributed by atoms with van der Waals surface area (Å²) in [5.41, 5.74) is 5.84. The molecule has 2 N–H and O–H groups in total. The van der Waals surface area contributed by atoms with Gasteiger partial charge in [0.1, 0.15) is 4.88 Å². The van der Waals surface area contributed by atoms with E-state index in [9.17, 15) is 4.79 Å². The summed E-state index contributed by atoms with van der Waals surface area (Å²) in [6.45, 7) is 3.41. The minimum Gasteiger partial charge on any atom is -0.336 e. The third-order valence-electron chi connectivity index (χ3n) is 2.58. The number of hydrogen-bond acceptors (Lipinski definition) is 4. The molecule has 0 spiro atoms. The highest BCUT2D eigenvalue weighted by molar-refractivity contribution is 7.13. The Morgan fingerprint density at radius 2 is 2.53 bits per heavy atom. The molecular weight excluding hydrogens is 210 g/mol. The Kier molecular flexibility index (Phi) is 3.02. The maximum absolute atomic E-state index is 12.0. The Hall–Kier alpha value is -0.940. The van der Waals surface area contributed by atoms with Crippen LogP contribution >= 0.6 is 11.3 Å². The number of aryl methyl sites for hydroxylation is 1. The van der Waals surface area contributed by atoms with Gasteiger partial charge in [-0.1, -0.05) is 0 Å². The number of thiazole rings is 1. The number of rotatable bonds is 1. The summed E-state index contributed by atoms with van der Waals surface area (Å²) in [6, 6.07) is 0.136. The molecule has 4 nitrogen and oxygen atoms in total. The van der Waals surface area contributed by atoms with Gasteiger partial charge in [-0.15, -0.1) is 11.3 Å². The molecular formula is C10H15N3OS. The third-order valence-corrected chi connectivity index (χ3v) is 3.48. The van der Waals surface area contributed by atoms with Crippen LogP contribution in [0.2, 0.25) is 0 Å². The highest BCUT2D eigenvalue weighted by atomic mass is 32.1. The predicted octanol–water partition coefficient (Wildman–Crippen LogP) is 1.01. The first kappa shape index (κ1) is 10.6. The molecule has 0 radical (unpaired) electrons. The monoisotopic (exact) mass is 225 g/mol. The van der Waals surface area contributed by atoms with Crippen molar-refractivity contribution in [3.8, 4) is 0 Å². The highest BCUT2D eigenvalue weighted by Gasteiger charge is 2.23. The maximum Gasteiger partial charge on any atom is 0.265 e. The van der Waals surface area contributed by atoms with Gasteiger partial charge in [0.15, 0.2) is 0 Å². The van der Waals surface area contributed by atoms with Gasteiger partial charge in [-0.2, -0.15) is 0 Å². The highest BCUT2D eigenvalue weighted by Crippen LogP contribution is 2.17. The summed E-state index contributed by atoms with van der Waals surface area (Å²) in [4.78, 5) is 18.6. The van der Waals surface area contributed by atoms with Gasteiger partial charge in [0.25, 0.3) is 5.91 Å². The fourth-order valence-electron chi connectivity index (χ4n) is 1.81. The molecule has 0 aliphatic carbocycles. The Morgan fingerprint density at radius 1 is 1.73 bits per heavy atom. The molecule has 1 fully saturated rings. The van der Waals surface area contributed by atoms with Crippen molar-refractivity contribution in [3.63, 3.8) is 0 Å². The fourth-order valence-corrected chi connectivity index (χ4v) is 2.56. The van der Waals surface area contributed by atoms with Crippen LogP contribution < -0.4 is 5.73 Å². The van der Waals surface area contributed by atoms with E-state index >= 15 is 0 Å². The van der Waals surface area contributed by atoms with Crippen molar-refractivity contribution in [2.24, 2.45) is 5.73 Å². The topological polar surface area (TPSA) is 59.2 Å². The van der Waals surface area contributed by atoms with Crippen molar-refractivity contribution >= 4 is 17.2 Å². The van der Waals surface area contributed by atoms with E-state index in [-0.39, 0.29) is 11.9 Å². The quantitative estimate of drug-likeness (QED) is 0.776. The van der Waals surface area contributed by atoms with Crippen molar-refractivity contribution in [3.05, 3.63) is 16.1 Å². The summed E-state index contributed by atoms with van der Waals surface area (Å²) >= 11 is 1.45. The van der Waals surface area contributed by atoms with Crippen LogP contribution in [0.1, 0.15) is 27.5 Å². The molecule has 1 atom stereocenters. The molecule has 1 aromatic heterocycles. The van der Waals surface area contributed by atoms with Crippen molar-refractivity contribution in [2.45, 2.75) is 25.8 Å². The first-order chi connectivity index (χ1) is 7.16. The van der Waals surface area contributed by atoms with E-state index in [0.29, 0.717) is 6.54 Å². The molecule has 1 aliphatic heterocycles. The molecule has 0 aromatic carbocycles. The van der Waals surface area contributed by atoms with Crippen LogP contribution in [0.25, 0.3) is 0 Å². The van der Waals surface area contributed by atoms with Crippen molar-refractivity contribution < 1.29 is 4.79 Å². The number of aromatic nitrogens is 1. The fraction of sp³-hybridized carbons (Fsp3) is 0.600. The molecule has 2 heterocycles. The van der Waals surface area contributed by atoms with Crippen molar-refractivity contribution in [2.75, 3.05) is 13.1 Å². The van der Waals surface area contributed by atoms with Crippen LogP contribution in [-0.4, -0.2) is 34.9 Å². The van der Waals surface area contributed by atoms with E-state index in [2.05, 4.69) is 4.98 Å². The zero-order chi connectivity index (χ0) is 10.8. The zero-order valence-corrected chi connectivity index (χ0v) is 9.59. The van der Waals surface area contributed by atoms with Crippen LogP contribution in [0.4, 0.5) is 0 Å². The van der Waals surface area contributed by atoms with Gasteiger partial charge in [0.2, 0.25) is 0 Å². The SMILES string of the molecule is Cc1ncc(C(=O)N2CCCC(N)C2)s1. The largest absolute Gasteiger partial charge is 0.336 e. The number of likely N-dealkylation sites (tertiary alicyclic amines) is 1. The Balaban J connectivity index is 2.07. The average Bonchev–Trinajstić information content (AvgIpc) is 2.64. The lowest BCUT2D eigenvalue weighted by Gasteiger charge is -2.30. The number of nitrogens with zero attached hydrogens (tertiary/aromatic N) is 2. The summed E-state index contributed by atoms with van der Waals surface area (Å²) < 4.78 is 0. The molecule has 0 saturated carbocycles. The van der Waals surface area contributed by atoms with E-state index in [1.807, 2.05) is 11.8 Å². The molecule has 1 saturated heterocycles. The summed E-state index contributed by atoms with van der Waals surface area (Å²) in [5, 5.41) is 0.930. The van der Waals surface area contributed by atoms with Crippen molar-refractivity contribution in [1.82, 2.24) is 9.88 Å². The van der Waals surface area contributed by atoms with E-state index in [4.69, 9.17) is 5.73 Å². The van der Waals surface area contributed by atoms with Crippen molar-refractivity contribution in [1.29, 1.82) is 0 Å². The lowest BCUT2D eigenvalue weighted by molar-refractivity contribution is 0.0713. The molecule has 2 rings (SSSR count). The van der Waals surface area contributed by atoms with Gasteiger partial charge in [-0.25, -0.2) is 4.98 Å². The summed E-state index contributed by atoms with van der Waals surface area (Å²) in [6.07, 6.45) is 3.68. The summed E-state index contributed by atoms with van der Waals surface area (Å²) in [7, 11) is 0. The maximum atomic E-state index is 12.0. The Bertz CT molecular complexity index is 363. The molecule has 1 amide bonds. The number of amides is 1. The van der Waals surface area contributed by atoms with Crippen LogP contribution in [-0.2, 0) is 0 Å². The minimum absolute atomic E-state index is 0.0794. The number of nitrogens with two attached hydrogens (primary N) is 1. The predicted molar refractivity (Wildman–Crippen MR) is 60.0 cm³/mol. The second-order valence-corrected chi connectivity index (χ2v) is 5.13. The third kappa shape index (κ3) is 2.35. The van der Waals surface area contributed by atoms with Crippen LogP contribution in [0, 0.1) is 6.92 Å². The lowest BCUT2D eigenvalue weighted by atomic mass is 10.1. The average molecular weight is 225 g/mol. The van der Waals surface area contributed by atoms with E-state index in [1.54, 1.807) is 6.20 Å². The van der Waals surface area contributed by atoms with E-state index in [0.717, 1.165) is 29.3 Å². The van der Waals surface area contributed by atoms with Crippen LogP contribution in [0.5, 0.6) is 0 Å². The van der Waals surface area contributed by atoms with Gasteiger partial charge >= 0.3 is 0 Å². The minimum atomic E-state index is 0.0794. The van der Waals surface area contributed by atoms with Crippen LogP contribution in [0.15, 0.2) is 6.20 Å². The van der Waals surface area contributed by atoms with Gasteiger partial charge < -0.3 is 10.6 Å². The second-order valence-electron chi connectivity index (χ2n) is 3.90. The van der Waals surface area contributed by atoms with Gasteiger partial charge in [-0.05, 0) is 19.8 Å². The number of piperidine rings is 1. The van der Waals surface area contributed by atoms with Gasteiger partial charge in [-0.3, -0.25) is 4.79 Å². The molecule has 0 bridgehead atoms. The van der Waals surface area contributed by atoms with Gasteiger partial charge in [0.05, 0.1) is 11.2 Å². The molecule has 1 unspecified atom stereocenters. The molecule has 1 aliphatic rings. The Morgan fingerprint density at radius 3 is 3.13 bits per heavy atom. The van der Waals surface area contributed by atoms with Crippen LogP contribution in [0.3, 0.4) is 0 Å². The van der Waals surface area contributed by atoms with Gasteiger partial charge in [0, 0.05) is 19.1 Å². The number of carbonyl (C=O) groups is 1. The first-order valence-electron chi connectivity index (χ1n) is 5.14. The first-order valence-corrected chi connectivity index (χ1v) is 5.96. The zero-order valence-electron chi connectivity index (χ0n) is 8.77. The summed E-state index contributed by atoms with van der Waals surface area (Å²) in [5.74, 6) is 0.0794. The van der Waals surface area contributed by atoms with E-state index < -0.39 is 0 Å². The lowest BCUT2D eigenvalue weighted by Crippen LogP contribution is -2.45. The number of hydrogen-bond donors (Lipinski definition) is 1. The molecule has 82 valence electrons. The standard InChI is InChI=1S/C10H15N3OS/c1-7-12-5-9(15-7)10(14)13-4-2-3-8(11)6-13/h5,8H,2-4,6,11H2,1H3.